The Morgan fingerprint density at radius 3 is 0.868 bits per heavy atom. The second kappa shape index (κ2) is 28.8. The van der Waals surface area contributed by atoms with Crippen molar-refractivity contribution >= 4 is 107 Å². The molecule has 2 aliphatic rings. The molecule has 2 aliphatic heterocycles. The molecule has 0 spiro atoms. The fourth-order valence-corrected chi connectivity index (χ4v) is 18.9. The van der Waals surface area contributed by atoms with Crippen LogP contribution < -0.4 is 26.2 Å². The van der Waals surface area contributed by atoms with Crippen LogP contribution in [0.1, 0.15) is 111 Å². The van der Waals surface area contributed by atoms with Gasteiger partial charge < -0.3 is 18.9 Å². The first-order valence-electron chi connectivity index (χ1n) is 42.3. The molecule has 0 saturated heterocycles. The van der Waals surface area contributed by atoms with Crippen molar-refractivity contribution in [3.05, 3.63) is 385 Å². The number of anilines is 6. The maximum atomic E-state index is 10.3. The standard InChI is InChI=1S/C114H93BN6/c1-111(2,3)83-45-55-100-94(65-83)95-66-84(112(4,5)6)46-56-101(95)118(100)88-51-53-98-104(69-88)120(109-90(76-31-21-15-22-32-76)59-80(74-41-39-72(71-116)40-42-74)60-91(109)77-33-23-16-24-34-77)106-63-82(73-29-19-14-20-30-73)64-107-108(106)115(98)99-54-52-89(119-102-57-47-85(113(7,8)9)67-96(102)97-68-86(114(10,11)12)48-58-103(97)119)70-105(99)121(107)110-92(78-35-25-17-26-36-78)61-81(75-43-49-87(117-13)50-44-75)62-93(110)79-37-27-18-28-38-79/h14-70H,1-12H3. The molecule has 0 N–H and O–H groups in total. The van der Waals surface area contributed by atoms with Gasteiger partial charge in [-0.3, -0.25) is 0 Å². The molecule has 0 atom stereocenters. The summed E-state index contributed by atoms with van der Waals surface area (Å²) in [6, 6.07) is 132. The SMILES string of the molecule is [C-]#[N+]c1ccc(-c2cc(-c3ccccc3)c(N3c4cc(-n5c6ccc(C(C)(C)C)cc6c6cc(C(C)(C)C)ccc65)ccc4B4c5ccc(-n6c7ccc(C(C)(C)C)cc7c7cc(C(C)(C)C)ccc76)cc5N(c5c(-c6ccccc6)cc(-c6ccc(C#N)cc6)cc5-c5ccccc5)c5cc(-c6ccccc6)cc3c54)c(-c3ccccc3)c2)cc1. The number of rotatable bonds is 11. The second-order valence-electron chi connectivity index (χ2n) is 37.1. The Hall–Kier alpha value is -14.2. The van der Waals surface area contributed by atoms with Crippen molar-refractivity contribution in [2.45, 2.75) is 105 Å². The van der Waals surface area contributed by atoms with Gasteiger partial charge in [0.2, 0.25) is 0 Å². The average Bonchev–Trinajstić information content (AvgIpc) is 1.16. The lowest BCUT2D eigenvalue weighted by molar-refractivity contribution is 0.590. The minimum absolute atomic E-state index is 0.102. The quantitative estimate of drug-likeness (QED) is 0.0958. The fourth-order valence-electron chi connectivity index (χ4n) is 18.9. The van der Waals surface area contributed by atoms with E-state index in [0.29, 0.717) is 11.3 Å². The topological polar surface area (TPSA) is 44.5 Å². The van der Waals surface area contributed by atoms with E-state index >= 15 is 0 Å². The Kier molecular flexibility index (Phi) is 18.0. The fraction of sp³-hybridized carbons (Fsp3) is 0.140. The number of hydrogen-bond donors (Lipinski definition) is 0. The number of nitrogens with zero attached hydrogens (tertiary/aromatic N) is 6. The van der Waals surface area contributed by atoms with Crippen LogP contribution in [-0.2, 0) is 21.7 Å². The summed E-state index contributed by atoms with van der Waals surface area (Å²) in [6.45, 7) is 35.6. The van der Waals surface area contributed by atoms with Crippen LogP contribution in [0.2, 0.25) is 0 Å². The predicted molar refractivity (Wildman–Crippen MR) is 513 cm³/mol. The molecule has 0 bridgehead atoms. The van der Waals surface area contributed by atoms with Gasteiger partial charge in [0.25, 0.3) is 6.71 Å². The van der Waals surface area contributed by atoms with Crippen molar-refractivity contribution in [3.63, 3.8) is 0 Å². The first kappa shape index (κ1) is 75.5. The highest BCUT2D eigenvalue weighted by Crippen LogP contribution is 2.56. The first-order chi connectivity index (χ1) is 58.4. The maximum absolute atomic E-state index is 10.3. The van der Waals surface area contributed by atoms with Crippen molar-refractivity contribution in [3.8, 4) is 95.3 Å². The molecule has 2 aromatic heterocycles. The van der Waals surface area contributed by atoms with Gasteiger partial charge in [0.05, 0.1) is 51.6 Å². The van der Waals surface area contributed by atoms with Gasteiger partial charge >= 0.3 is 0 Å². The highest BCUT2D eigenvalue weighted by Gasteiger charge is 2.46. The molecule has 6 nitrogen and oxygen atoms in total. The summed E-state index contributed by atoms with van der Waals surface area (Å²) in [5.74, 6) is 0. The molecule has 582 valence electrons. The van der Waals surface area contributed by atoms with Gasteiger partial charge in [0.1, 0.15) is 0 Å². The molecule has 0 unspecified atom stereocenters. The van der Waals surface area contributed by atoms with Crippen LogP contribution in [0.4, 0.5) is 39.8 Å². The Balaban J connectivity index is 0.975. The molecule has 18 aromatic rings. The monoisotopic (exact) mass is 1560 g/mol. The van der Waals surface area contributed by atoms with Crippen molar-refractivity contribution in [1.82, 2.24) is 9.13 Å². The summed E-state index contributed by atoms with van der Waals surface area (Å²) in [5.41, 5.74) is 37.0. The summed E-state index contributed by atoms with van der Waals surface area (Å²) >= 11 is 0. The average molecular weight is 1560 g/mol. The van der Waals surface area contributed by atoms with Gasteiger partial charge in [-0.1, -0.05) is 308 Å². The van der Waals surface area contributed by atoms with Crippen LogP contribution >= 0.6 is 0 Å². The summed E-state index contributed by atoms with van der Waals surface area (Å²) in [6.07, 6.45) is 0. The highest BCUT2D eigenvalue weighted by atomic mass is 15.2. The Bertz CT molecular complexity index is 6600. The van der Waals surface area contributed by atoms with Crippen molar-refractivity contribution < 1.29 is 0 Å². The smallest absolute Gasteiger partial charge is 0.252 e. The molecule has 7 heteroatoms. The van der Waals surface area contributed by atoms with Gasteiger partial charge in [-0.15, -0.1) is 0 Å². The van der Waals surface area contributed by atoms with Gasteiger partial charge in [0.15, 0.2) is 5.69 Å². The predicted octanol–water partition coefficient (Wildman–Crippen LogP) is 29.2. The lowest BCUT2D eigenvalue weighted by Crippen LogP contribution is -2.61. The van der Waals surface area contributed by atoms with Crippen molar-refractivity contribution in [2.75, 3.05) is 9.80 Å². The van der Waals surface area contributed by atoms with Crippen molar-refractivity contribution in [1.29, 1.82) is 5.26 Å². The number of benzene rings is 16. The molecular weight excluding hydrogens is 1460 g/mol. The van der Waals surface area contributed by atoms with Crippen LogP contribution in [0.3, 0.4) is 0 Å². The van der Waals surface area contributed by atoms with Crippen LogP contribution in [-0.4, -0.2) is 15.8 Å². The molecular formula is C114H93BN6. The van der Waals surface area contributed by atoms with E-state index in [1.54, 1.807) is 0 Å². The number of nitriles is 1. The normalized spacial score (nSPS) is 12.7. The van der Waals surface area contributed by atoms with Crippen LogP contribution in [0.15, 0.2) is 346 Å². The third-order valence-corrected chi connectivity index (χ3v) is 25.3. The first-order valence-corrected chi connectivity index (χ1v) is 42.3. The van der Waals surface area contributed by atoms with Gasteiger partial charge in [-0.05, 0) is 237 Å². The molecule has 0 fully saturated rings. The molecule has 0 saturated carbocycles. The second-order valence-corrected chi connectivity index (χ2v) is 37.1. The Morgan fingerprint density at radius 2 is 0.570 bits per heavy atom. The molecule has 20 rings (SSSR count). The molecule has 16 aromatic carbocycles. The molecule has 121 heavy (non-hydrogen) atoms. The van der Waals surface area contributed by atoms with E-state index < -0.39 is 0 Å². The zero-order valence-electron chi connectivity index (χ0n) is 70.7. The zero-order valence-corrected chi connectivity index (χ0v) is 70.7. The van der Waals surface area contributed by atoms with E-state index in [4.69, 9.17) is 6.57 Å². The minimum Gasteiger partial charge on any atom is -0.310 e. The summed E-state index contributed by atoms with van der Waals surface area (Å²) in [5, 5.41) is 15.2. The molecule has 0 amide bonds. The lowest BCUT2D eigenvalue weighted by Gasteiger charge is -2.46. The molecule has 0 radical (unpaired) electrons. The lowest BCUT2D eigenvalue weighted by atomic mass is 9.33. The molecule has 0 aliphatic carbocycles. The summed E-state index contributed by atoms with van der Waals surface area (Å²) < 4.78 is 5.08. The largest absolute Gasteiger partial charge is 0.310 e. The maximum Gasteiger partial charge on any atom is 0.252 e. The van der Waals surface area contributed by atoms with E-state index in [-0.39, 0.29) is 28.4 Å². The number of aromatic nitrogens is 2. The summed E-state index contributed by atoms with van der Waals surface area (Å²) in [4.78, 5) is 9.23. The van der Waals surface area contributed by atoms with Gasteiger partial charge in [0, 0.05) is 77.9 Å². The van der Waals surface area contributed by atoms with E-state index in [2.05, 4.69) is 434 Å². The summed E-state index contributed by atoms with van der Waals surface area (Å²) in [7, 11) is 0. The zero-order chi connectivity index (χ0) is 83.1. The minimum atomic E-state index is -0.363. The number of hydrogen-bond acceptors (Lipinski definition) is 3. The van der Waals surface area contributed by atoms with E-state index in [0.717, 1.165) is 162 Å². The third kappa shape index (κ3) is 13.0. The molecule has 4 heterocycles. The van der Waals surface area contributed by atoms with Crippen molar-refractivity contribution in [2.24, 2.45) is 0 Å². The Morgan fingerprint density at radius 1 is 0.281 bits per heavy atom. The van der Waals surface area contributed by atoms with E-state index in [1.165, 1.54) is 43.8 Å². The highest BCUT2D eigenvalue weighted by molar-refractivity contribution is 7.00. The van der Waals surface area contributed by atoms with Gasteiger partial charge in [-0.2, -0.15) is 5.26 Å². The Labute approximate surface area is 711 Å². The van der Waals surface area contributed by atoms with Crippen LogP contribution in [0.5, 0.6) is 0 Å². The van der Waals surface area contributed by atoms with E-state index in [1.807, 2.05) is 24.3 Å². The van der Waals surface area contributed by atoms with Crippen LogP contribution in [0.25, 0.3) is 138 Å². The van der Waals surface area contributed by atoms with E-state index in [9.17, 15) is 5.26 Å². The third-order valence-electron chi connectivity index (χ3n) is 25.3. The van der Waals surface area contributed by atoms with Crippen LogP contribution in [0, 0.1) is 17.9 Å². The van der Waals surface area contributed by atoms with Gasteiger partial charge in [-0.25, -0.2) is 4.85 Å². The number of fused-ring (bicyclic) bond motifs is 10.